The second kappa shape index (κ2) is 7.72. The molecule has 2 aromatic rings. The number of allylic oxidation sites excluding steroid dienone is 3. The van der Waals surface area contributed by atoms with Crippen LogP contribution in [0, 0.1) is 0 Å². The smallest absolute Gasteiger partial charge is 0.277 e. The summed E-state index contributed by atoms with van der Waals surface area (Å²) in [6.07, 6.45) is 9.59. The molecule has 0 spiro atoms. The van der Waals surface area contributed by atoms with Crippen LogP contribution >= 0.6 is 0 Å². The van der Waals surface area contributed by atoms with Gasteiger partial charge in [-0.1, -0.05) is 36.4 Å². The Morgan fingerprint density at radius 1 is 1.10 bits per heavy atom. The lowest BCUT2D eigenvalue weighted by molar-refractivity contribution is 0.0666. The van der Waals surface area contributed by atoms with E-state index in [-0.39, 0.29) is 24.9 Å². The molecule has 1 aromatic carbocycles. The van der Waals surface area contributed by atoms with Crippen LogP contribution < -0.4 is 10.4 Å². The number of amides is 1. The lowest BCUT2D eigenvalue weighted by atomic mass is 9.88. The maximum absolute atomic E-state index is 13.3. The number of hydrogen-bond donors (Lipinski definition) is 1. The molecule has 1 aliphatic heterocycles. The second-order valence-corrected chi connectivity index (χ2v) is 8.15. The number of benzene rings is 1. The Balaban J connectivity index is 1.75. The van der Waals surface area contributed by atoms with Crippen LogP contribution in [0.25, 0.3) is 0 Å². The van der Waals surface area contributed by atoms with E-state index in [9.17, 15) is 19.1 Å². The minimum absolute atomic E-state index is 0.0992. The summed E-state index contributed by atoms with van der Waals surface area (Å²) in [5, 5.41) is 12.5. The molecule has 0 fully saturated rings. The summed E-state index contributed by atoms with van der Waals surface area (Å²) in [7, 11) is 0. The third-order valence-electron chi connectivity index (χ3n) is 6.44. The Bertz CT molecular complexity index is 1170. The van der Waals surface area contributed by atoms with Gasteiger partial charge in [-0.15, -0.1) is 0 Å². The SMILES string of the molecule is O=C1c2c(O)c(=O)ccn2N(C2C3=C(C=CCC3)CCc3ccccc32)CN1CCF. The van der Waals surface area contributed by atoms with E-state index in [1.165, 1.54) is 33.9 Å². The molecular formula is C24H24FN3O3. The largest absolute Gasteiger partial charge is 0.502 e. The van der Waals surface area contributed by atoms with E-state index in [2.05, 4.69) is 24.3 Å². The van der Waals surface area contributed by atoms with Crippen LogP contribution in [0.1, 0.15) is 46.9 Å². The van der Waals surface area contributed by atoms with E-state index in [0.29, 0.717) is 0 Å². The molecular weight excluding hydrogens is 397 g/mol. The second-order valence-electron chi connectivity index (χ2n) is 8.15. The van der Waals surface area contributed by atoms with Crippen LogP contribution in [0.4, 0.5) is 4.39 Å². The van der Waals surface area contributed by atoms with Crippen molar-refractivity contribution in [1.82, 2.24) is 9.58 Å². The first kappa shape index (κ1) is 19.6. The molecule has 0 saturated carbocycles. The number of aromatic hydroxyl groups is 1. The van der Waals surface area contributed by atoms with Crippen LogP contribution in [-0.2, 0) is 6.42 Å². The van der Waals surface area contributed by atoms with Gasteiger partial charge in [0.05, 0.1) is 12.6 Å². The molecule has 1 amide bonds. The fourth-order valence-corrected chi connectivity index (χ4v) is 4.98. The number of aromatic nitrogens is 1. The fraction of sp³-hybridized carbons (Fsp3) is 0.333. The van der Waals surface area contributed by atoms with Gasteiger partial charge in [-0.2, -0.15) is 0 Å². The number of hydrogen-bond acceptors (Lipinski definition) is 4. The first-order chi connectivity index (χ1) is 15.1. The van der Waals surface area contributed by atoms with Gasteiger partial charge in [-0.25, -0.2) is 4.39 Å². The average molecular weight is 421 g/mol. The van der Waals surface area contributed by atoms with Crippen LogP contribution in [0.2, 0.25) is 0 Å². The maximum atomic E-state index is 13.3. The number of aryl methyl sites for hydroxylation is 1. The molecule has 1 N–H and O–H groups in total. The van der Waals surface area contributed by atoms with Crippen molar-refractivity contribution in [2.75, 3.05) is 24.9 Å². The van der Waals surface area contributed by atoms with Gasteiger partial charge in [-0.3, -0.25) is 19.3 Å². The molecule has 3 aliphatic rings. The monoisotopic (exact) mass is 421 g/mol. The highest BCUT2D eigenvalue weighted by Gasteiger charge is 2.38. The van der Waals surface area contributed by atoms with E-state index in [1.54, 1.807) is 4.68 Å². The highest BCUT2D eigenvalue weighted by Crippen LogP contribution is 2.42. The molecule has 5 rings (SSSR count). The van der Waals surface area contributed by atoms with Crippen molar-refractivity contribution in [2.45, 2.75) is 31.7 Å². The van der Waals surface area contributed by atoms with Crippen molar-refractivity contribution in [1.29, 1.82) is 0 Å². The van der Waals surface area contributed by atoms with Crippen LogP contribution in [0.15, 0.2) is 64.6 Å². The van der Waals surface area contributed by atoms with Gasteiger partial charge in [0.1, 0.15) is 13.3 Å². The minimum Gasteiger partial charge on any atom is -0.502 e. The number of pyridine rings is 1. The number of carbonyl (C=O) groups excluding carboxylic acids is 1. The van der Waals surface area contributed by atoms with Gasteiger partial charge < -0.3 is 10.0 Å². The normalized spacial score (nSPS) is 20.3. The Morgan fingerprint density at radius 3 is 2.77 bits per heavy atom. The summed E-state index contributed by atoms with van der Waals surface area (Å²) in [4.78, 5) is 26.5. The molecule has 0 bridgehead atoms. The molecule has 1 aromatic heterocycles. The standard InChI is InChI=1S/C24H24FN3O3/c25-12-14-26-15-28(27-13-11-20(29)23(30)22(27)24(26)31)21-18-7-3-1-5-16(18)9-10-17-6-2-4-8-19(17)21/h1-3,5-7,11,13,21,30H,4,8-10,12,14-15H2. The third kappa shape index (κ3) is 3.15. The van der Waals surface area contributed by atoms with Gasteiger partial charge in [0.15, 0.2) is 11.4 Å². The van der Waals surface area contributed by atoms with Crippen LogP contribution in [-0.4, -0.2) is 40.5 Å². The molecule has 7 heteroatoms. The molecule has 6 nitrogen and oxygen atoms in total. The molecule has 2 aliphatic carbocycles. The molecule has 31 heavy (non-hydrogen) atoms. The Hall–Kier alpha value is -3.35. The van der Waals surface area contributed by atoms with E-state index in [0.717, 1.165) is 31.2 Å². The number of halogens is 1. The van der Waals surface area contributed by atoms with Gasteiger partial charge in [-0.05, 0) is 48.0 Å². The average Bonchev–Trinajstić information content (AvgIpc) is 2.95. The quantitative estimate of drug-likeness (QED) is 0.827. The summed E-state index contributed by atoms with van der Waals surface area (Å²) < 4.78 is 14.9. The maximum Gasteiger partial charge on any atom is 0.277 e. The summed E-state index contributed by atoms with van der Waals surface area (Å²) in [5.74, 6) is -1.13. The molecule has 1 atom stereocenters. The lowest BCUT2D eigenvalue weighted by Crippen LogP contribution is -2.56. The Labute approximate surface area is 179 Å². The molecule has 1 unspecified atom stereocenters. The fourth-order valence-electron chi connectivity index (χ4n) is 4.98. The highest BCUT2D eigenvalue weighted by atomic mass is 19.1. The number of nitrogens with zero attached hydrogens (tertiary/aromatic N) is 3. The van der Waals surface area contributed by atoms with E-state index < -0.39 is 23.8 Å². The third-order valence-corrected chi connectivity index (χ3v) is 6.44. The Morgan fingerprint density at radius 2 is 1.94 bits per heavy atom. The van der Waals surface area contributed by atoms with E-state index >= 15 is 0 Å². The Kier molecular flexibility index (Phi) is 4.88. The van der Waals surface area contributed by atoms with Crippen LogP contribution in [0.5, 0.6) is 5.75 Å². The van der Waals surface area contributed by atoms with Crippen molar-refractivity contribution < 1.29 is 14.3 Å². The number of carbonyl (C=O) groups is 1. The first-order valence-electron chi connectivity index (χ1n) is 10.6. The lowest BCUT2D eigenvalue weighted by Gasteiger charge is -2.45. The van der Waals surface area contributed by atoms with Crippen molar-refractivity contribution in [3.05, 3.63) is 86.9 Å². The van der Waals surface area contributed by atoms with Gasteiger partial charge in [0, 0.05) is 12.3 Å². The van der Waals surface area contributed by atoms with Crippen molar-refractivity contribution in [3.8, 4) is 5.75 Å². The van der Waals surface area contributed by atoms with E-state index in [1.807, 2.05) is 17.1 Å². The zero-order valence-corrected chi connectivity index (χ0v) is 17.1. The molecule has 160 valence electrons. The summed E-state index contributed by atoms with van der Waals surface area (Å²) >= 11 is 0. The first-order valence-corrected chi connectivity index (χ1v) is 10.6. The number of rotatable bonds is 3. The molecule has 0 saturated heterocycles. The predicted octanol–water partition coefficient (Wildman–Crippen LogP) is 3.21. The minimum atomic E-state index is -0.699. The summed E-state index contributed by atoms with van der Waals surface area (Å²) in [5.41, 5.74) is 4.20. The summed E-state index contributed by atoms with van der Waals surface area (Å²) in [6.45, 7) is -0.634. The van der Waals surface area contributed by atoms with Gasteiger partial charge >= 0.3 is 0 Å². The number of fused-ring (bicyclic) bond motifs is 2. The van der Waals surface area contributed by atoms with Crippen LogP contribution in [0.3, 0.4) is 0 Å². The van der Waals surface area contributed by atoms with Gasteiger partial charge in [0.25, 0.3) is 5.91 Å². The number of alkyl halides is 1. The molecule has 2 heterocycles. The zero-order valence-electron chi connectivity index (χ0n) is 17.1. The highest BCUT2D eigenvalue weighted by molar-refractivity contribution is 5.96. The zero-order chi connectivity index (χ0) is 21.5. The van der Waals surface area contributed by atoms with Crippen molar-refractivity contribution in [3.63, 3.8) is 0 Å². The topological polar surface area (TPSA) is 65.8 Å². The summed E-state index contributed by atoms with van der Waals surface area (Å²) in [6, 6.07) is 9.35. The van der Waals surface area contributed by atoms with Gasteiger partial charge in [0.2, 0.25) is 5.43 Å². The van der Waals surface area contributed by atoms with Crippen molar-refractivity contribution >= 4 is 5.91 Å². The van der Waals surface area contributed by atoms with Crippen molar-refractivity contribution in [2.24, 2.45) is 0 Å². The molecule has 0 radical (unpaired) electrons. The predicted molar refractivity (Wildman–Crippen MR) is 115 cm³/mol. The van der Waals surface area contributed by atoms with E-state index in [4.69, 9.17) is 0 Å².